The first-order valence-corrected chi connectivity index (χ1v) is 6.60. The Morgan fingerprint density at radius 2 is 1.86 bits per heavy atom. The van der Waals surface area contributed by atoms with Crippen LogP contribution in [0.2, 0.25) is 0 Å². The molecule has 1 heterocycles. The van der Waals surface area contributed by atoms with Gasteiger partial charge in [0.1, 0.15) is 6.07 Å². The number of nitrogens with two attached hydrogens (primary N) is 1. The number of anilines is 1. The minimum absolute atomic E-state index is 0.613. The number of benzene rings is 2. The molecule has 0 aliphatic heterocycles. The molecule has 0 saturated heterocycles. The molecule has 0 aliphatic rings. The van der Waals surface area contributed by atoms with Gasteiger partial charge in [0, 0.05) is 17.4 Å². The third-order valence-corrected chi connectivity index (χ3v) is 3.41. The van der Waals surface area contributed by atoms with E-state index in [1.165, 1.54) is 0 Å². The van der Waals surface area contributed by atoms with Crippen molar-refractivity contribution in [1.82, 2.24) is 9.78 Å². The van der Waals surface area contributed by atoms with Crippen LogP contribution in [0, 0.1) is 18.3 Å². The van der Waals surface area contributed by atoms with Crippen LogP contribution in [-0.4, -0.2) is 9.78 Å². The lowest BCUT2D eigenvalue weighted by atomic mass is 10.1. The molecule has 0 saturated carbocycles. The standard InChI is InChI=1S/C17H14N4/c1-12-3-2-4-14(9-18)17(12)21-11-15(10-20-21)13-5-7-16(19)8-6-13/h2-8,10-11H,19H2,1H3. The summed E-state index contributed by atoms with van der Waals surface area (Å²) < 4.78 is 1.75. The predicted octanol–water partition coefficient (Wildman–Crippen LogP) is 3.30. The molecule has 0 aliphatic carbocycles. The van der Waals surface area contributed by atoms with Crippen molar-refractivity contribution in [3.8, 4) is 22.9 Å². The van der Waals surface area contributed by atoms with Gasteiger partial charge in [-0.25, -0.2) is 4.68 Å². The third kappa shape index (κ3) is 2.37. The SMILES string of the molecule is Cc1cccc(C#N)c1-n1cc(-c2ccc(N)cc2)cn1. The van der Waals surface area contributed by atoms with Crippen LogP contribution in [0.4, 0.5) is 5.69 Å². The van der Waals surface area contributed by atoms with E-state index in [1.54, 1.807) is 16.9 Å². The molecule has 0 spiro atoms. The molecule has 0 bridgehead atoms. The normalized spacial score (nSPS) is 10.3. The number of hydrogen-bond acceptors (Lipinski definition) is 3. The molecular weight excluding hydrogens is 260 g/mol. The average molecular weight is 274 g/mol. The molecule has 0 amide bonds. The van der Waals surface area contributed by atoms with Crippen LogP contribution in [-0.2, 0) is 0 Å². The highest BCUT2D eigenvalue weighted by Gasteiger charge is 2.10. The van der Waals surface area contributed by atoms with Crippen LogP contribution in [0.3, 0.4) is 0 Å². The Bertz CT molecular complexity index is 823. The number of nitrogen functional groups attached to an aromatic ring is 1. The van der Waals surface area contributed by atoms with Gasteiger partial charge >= 0.3 is 0 Å². The smallest absolute Gasteiger partial charge is 0.101 e. The maximum Gasteiger partial charge on any atom is 0.101 e. The van der Waals surface area contributed by atoms with Gasteiger partial charge in [-0.3, -0.25) is 0 Å². The van der Waals surface area contributed by atoms with Crippen LogP contribution in [0.5, 0.6) is 0 Å². The van der Waals surface area contributed by atoms with E-state index < -0.39 is 0 Å². The van der Waals surface area contributed by atoms with Gasteiger partial charge in [0.05, 0.1) is 17.4 Å². The fourth-order valence-electron chi connectivity index (χ4n) is 2.32. The van der Waals surface area contributed by atoms with Gasteiger partial charge in [-0.05, 0) is 36.2 Å². The number of aryl methyl sites for hydroxylation is 1. The summed E-state index contributed by atoms with van der Waals surface area (Å²) in [7, 11) is 0. The van der Waals surface area contributed by atoms with E-state index in [4.69, 9.17) is 5.73 Å². The number of nitrogens with zero attached hydrogens (tertiary/aromatic N) is 3. The van der Waals surface area contributed by atoms with Gasteiger partial charge in [0.25, 0.3) is 0 Å². The lowest BCUT2D eigenvalue weighted by Gasteiger charge is -2.07. The summed E-state index contributed by atoms with van der Waals surface area (Å²) in [5.41, 5.74) is 10.9. The minimum Gasteiger partial charge on any atom is -0.399 e. The lowest BCUT2D eigenvalue weighted by Crippen LogP contribution is -2.00. The fourth-order valence-corrected chi connectivity index (χ4v) is 2.32. The first-order valence-electron chi connectivity index (χ1n) is 6.60. The van der Waals surface area contributed by atoms with Crippen molar-refractivity contribution in [2.45, 2.75) is 6.92 Å². The summed E-state index contributed by atoms with van der Waals surface area (Å²) in [5.74, 6) is 0. The molecule has 0 fully saturated rings. The fraction of sp³-hybridized carbons (Fsp3) is 0.0588. The minimum atomic E-state index is 0.613. The van der Waals surface area contributed by atoms with Gasteiger partial charge < -0.3 is 5.73 Å². The average Bonchev–Trinajstić information content (AvgIpc) is 2.97. The maximum absolute atomic E-state index is 9.25. The van der Waals surface area contributed by atoms with Gasteiger partial charge in [0.2, 0.25) is 0 Å². The topological polar surface area (TPSA) is 67.6 Å². The first-order chi connectivity index (χ1) is 10.2. The van der Waals surface area contributed by atoms with E-state index in [0.717, 1.165) is 28.1 Å². The number of rotatable bonds is 2. The summed E-state index contributed by atoms with van der Waals surface area (Å²) in [4.78, 5) is 0. The Morgan fingerprint density at radius 3 is 2.57 bits per heavy atom. The van der Waals surface area contributed by atoms with Crippen molar-refractivity contribution in [1.29, 1.82) is 5.26 Å². The molecule has 102 valence electrons. The number of para-hydroxylation sites is 1. The highest BCUT2D eigenvalue weighted by molar-refractivity contribution is 5.65. The Morgan fingerprint density at radius 1 is 1.10 bits per heavy atom. The van der Waals surface area contributed by atoms with Crippen molar-refractivity contribution < 1.29 is 0 Å². The molecule has 0 atom stereocenters. The Balaban J connectivity index is 2.07. The summed E-state index contributed by atoms with van der Waals surface area (Å²) in [6, 6.07) is 15.5. The Labute approximate surface area is 123 Å². The first kappa shape index (κ1) is 12.9. The van der Waals surface area contributed by atoms with Gasteiger partial charge in [-0.15, -0.1) is 0 Å². The molecule has 1 aromatic heterocycles. The highest BCUT2D eigenvalue weighted by Crippen LogP contribution is 2.24. The molecule has 2 aromatic carbocycles. The largest absolute Gasteiger partial charge is 0.399 e. The van der Waals surface area contributed by atoms with Crippen LogP contribution in [0.25, 0.3) is 16.8 Å². The predicted molar refractivity (Wildman–Crippen MR) is 82.9 cm³/mol. The van der Waals surface area contributed by atoms with Gasteiger partial charge in [-0.2, -0.15) is 10.4 Å². The van der Waals surface area contributed by atoms with E-state index in [2.05, 4.69) is 11.2 Å². The Kier molecular flexibility index (Phi) is 3.17. The molecule has 21 heavy (non-hydrogen) atoms. The van der Waals surface area contributed by atoms with Gasteiger partial charge in [0.15, 0.2) is 0 Å². The molecule has 3 aromatic rings. The number of nitriles is 1. The highest BCUT2D eigenvalue weighted by atomic mass is 15.3. The Hall–Kier alpha value is -3.06. The molecule has 0 unspecified atom stereocenters. The van der Waals surface area contributed by atoms with Crippen molar-refractivity contribution in [3.63, 3.8) is 0 Å². The monoisotopic (exact) mass is 274 g/mol. The molecule has 4 heteroatoms. The number of aromatic nitrogens is 2. The second-order valence-electron chi connectivity index (χ2n) is 4.88. The third-order valence-electron chi connectivity index (χ3n) is 3.41. The maximum atomic E-state index is 9.25. The quantitative estimate of drug-likeness (QED) is 0.729. The van der Waals surface area contributed by atoms with Crippen molar-refractivity contribution >= 4 is 5.69 Å². The molecule has 4 nitrogen and oxygen atoms in total. The van der Waals surface area contributed by atoms with E-state index in [9.17, 15) is 5.26 Å². The van der Waals surface area contributed by atoms with E-state index in [-0.39, 0.29) is 0 Å². The van der Waals surface area contributed by atoms with Crippen molar-refractivity contribution in [3.05, 3.63) is 66.0 Å². The van der Waals surface area contributed by atoms with Crippen LogP contribution >= 0.6 is 0 Å². The van der Waals surface area contributed by atoms with Crippen LogP contribution < -0.4 is 5.73 Å². The molecule has 3 rings (SSSR count). The molecule has 2 N–H and O–H groups in total. The van der Waals surface area contributed by atoms with E-state index in [0.29, 0.717) is 5.56 Å². The van der Waals surface area contributed by atoms with Crippen LogP contribution in [0.15, 0.2) is 54.9 Å². The lowest BCUT2D eigenvalue weighted by molar-refractivity contribution is 0.869. The van der Waals surface area contributed by atoms with E-state index in [1.807, 2.05) is 49.5 Å². The zero-order valence-electron chi connectivity index (χ0n) is 11.6. The second-order valence-corrected chi connectivity index (χ2v) is 4.88. The molecule has 0 radical (unpaired) electrons. The summed E-state index contributed by atoms with van der Waals surface area (Å²) in [5, 5.41) is 13.6. The summed E-state index contributed by atoms with van der Waals surface area (Å²) in [6.07, 6.45) is 3.72. The van der Waals surface area contributed by atoms with Gasteiger partial charge in [-0.1, -0.05) is 24.3 Å². The van der Waals surface area contributed by atoms with Crippen molar-refractivity contribution in [2.75, 3.05) is 5.73 Å². The van der Waals surface area contributed by atoms with Crippen LogP contribution in [0.1, 0.15) is 11.1 Å². The van der Waals surface area contributed by atoms with Crippen molar-refractivity contribution in [2.24, 2.45) is 0 Å². The van der Waals surface area contributed by atoms with E-state index >= 15 is 0 Å². The zero-order valence-corrected chi connectivity index (χ0v) is 11.6. The second kappa shape index (κ2) is 5.14. The zero-order chi connectivity index (χ0) is 14.8. The summed E-state index contributed by atoms with van der Waals surface area (Å²) in [6.45, 7) is 1.97. The number of hydrogen-bond donors (Lipinski definition) is 1. The molecular formula is C17H14N4. The summed E-state index contributed by atoms with van der Waals surface area (Å²) >= 11 is 0.